The number of hydrogen-bond acceptors (Lipinski definition) is 8. The van der Waals surface area contributed by atoms with E-state index in [0.29, 0.717) is 28.4 Å². The van der Waals surface area contributed by atoms with Crippen LogP contribution in [0.4, 0.5) is 17.6 Å². The van der Waals surface area contributed by atoms with E-state index in [1.165, 1.54) is 50.6 Å². The number of hydrogen-bond donors (Lipinski definition) is 2. The topological polar surface area (TPSA) is 119 Å². The molecular formula is C26H20BBrF4N2O6. The molecule has 0 spiro atoms. The monoisotopic (exact) mass is 622 g/mol. The van der Waals surface area contributed by atoms with Crippen molar-refractivity contribution in [3.8, 4) is 22.8 Å². The Morgan fingerprint density at radius 2 is 1.27 bits per heavy atom. The third-order valence-electron chi connectivity index (χ3n) is 4.91. The van der Waals surface area contributed by atoms with Gasteiger partial charge < -0.3 is 19.5 Å². The van der Waals surface area contributed by atoms with Gasteiger partial charge in [0.15, 0.2) is 47.3 Å². The van der Waals surface area contributed by atoms with Crippen molar-refractivity contribution >= 4 is 41.1 Å². The summed E-state index contributed by atoms with van der Waals surface area (Å²) in [7, 11) is 1.05. The molecule has 0 amide bonds. The fourth-order valence-corrected chi connectivity index (χ4v) is 3.24. The van der Waals surface area contributed by atoms with Gasteiger partial charge in [0.25, 0.3) is 0 Å². The molecule has 2 heterocycles. The molecule has 0 atom stereocenters. The molecule has 0 aliphatic heterocycles. The number of halogens is 5. The molecule has 208 valence electrons. The molecule has 0 aliphatic carbocycles. The van der Waals surface area contributed by atoms with Crippen molar-refractivity contribution in [3.63, 3.8) is 0 Å². The maximum Gasteiger partial charge on any atom is 0.488 e. The zero-order valence-electron chi connectivity index (χ0n) is 20.8. The first-order valence-electron chi connectivity index (χ1n) is 10.9. The number of pyridine rings is 2. The van der Waals surface area contributed by atoms with Crippen molar-refractivity contribution in [1.29, 1.82) is 0 Å². The first-order chi connectivity index (χ1) is 19.0. The number of nitrogens with zero attached hydrogens (tertiary/aromatic N) is 2. The van der Waals surface area contributed by atoms with Gasteiger partial charge in [0.1, 0.15) is 4.60 Å². The maximum absolute atomic E-state index is 13.5. The molecule has 0 radical (unpaired) electrons. The molecule has 0 saturated heterocycles. The highest BCUT2D eigenvalue weighted by Crippen LogP contribution is 2.25. The summed E-state index contributed by atoms with van der Waals surface area (Å²) in [5, 5.41) is 17.3. The van der Waals surface area contributed by atoms with Crippen LogP contribution in [0.1, 0.15) is 20.7 Å². The molecule has 0 saturated carbocycles. The summed E-state index contributed by atoms with van der Waals surface area (Å²) in [5.41, 5.74) is 0.767. The fourth-order valence-electron chi connectivity index (χ4n) is 2.89. The highest BCUT2D eigenvalue weighted by molar-refractivity contribution is 9.10. The van der Waals surface area contributed by atoms with E-state index >= 15 is 0 Å². The average molecular weight is 623 g/mol. The van der Waals surface area contributed by atoms with Gasteiger partial charge in [-0.15, -0.1) is 0 Å². The van der Waals surface area contributed by atoms with E-state index in [1.807, 2.05) is 0 Å². The van der Waals surface area contributed by atoms with E-state index < -0.39 is 30.4 Å². The number of aromatic nitrogens is 2. The molecule has 2 N–H and O–H groups in total. The maximum atomic E-state index is 13.5. The van der Waals surface area contributed by atoms with Gasteiger partial charge in [-0.3, -0.25) is 14.6 Å². The highest BCUT2D eigenvalue weighted by Gasteiger charge is 2.13. The summed E-state index contributed by atoms with van der Waals surface area (Å²) in [6.07, 6.45) is 2.76. The van der Waals surface area contributed by atoms with Crippen LogP contribution in [0.3, 0.4) is 0 Å². The second kappa shape index (κ2) is 15.5. The van der Waals surface area contributed by atoms with Crippen molar-refractivity contribution in [3.05, 3.63) is 99.9 Å². The normalized spacial score (nSPS) is 9.82. The zero-order chi connectivity index (χ0) is 29.8. The summed E-state index contributed by atoms with van der Waals surface area (Å²) in [4.78, 5) is 28.1. The summed E-state index contributed by atoms with van der Waals surface area (Å²) in [5.74, 6) is -2.27. The van der Waals surface area contributed by atoms with Gasteiger partial charge in [0, 0.05) is 5.56 Å². The van der Waals surface area contributed by atoms with Crippen LogP contribution in [-0.4, -0.2) is 53.9 Å². The van der Waals surface area contributed by atoms with Crippen LogP contribution < -0.4 is 14.9 Å². The van der Waals surface area contributed by atoms with Crippen molar-refractivity contribution in [2.24, 2.45) is 0 Å². The van der Waals surface area contributed by atoms with Crippen molar-refractivity contribution < 1.29 is 46.7 Å². The summed E-state index contributed by atoms with van der Waals surface area (Å²) >= 11 is 3.00. The highest BCUT2D eigenvalue weighted by atomic mass is 79.9. The first kappa shape index (κ1) is 32.1. The zero-order valence-corrected chi connectivity index (χ0v) is 22.4. The molecule has 2 aromatic heterocycles. The predicted octanol–water partition coefficient (Wildman–Crippen LogP) is 4.16. The van der Waals surface area contributed by atoms with Crippen molar-refractivity contribution in [1.82, 2.24) is 9.97 Å². The second-order valence-electron chi connectivity index (χ2n) is 7.47. The lowest BCUT2D eigenvalue weighted by Crippen LogP contribution is -2.29. The number of methoxy groups -OCH3 is 2. The van der Waals surface area contributed by atoms with E-state index in [4.69, 9.17) is 14.8 Å². The van der Waals surface area contributed by atoms with E-state index in [9.17, 15) is 27.2 Å². The number of benzene rings is 2. The molecule has 40 heavy (non-hydrogen) atoms. The fraction of sp³-hybridized carbons (Fsp3) is 0.0769. The van der Waals surface area contributed by atoms with Gasteiger partial charge in [0.05, 0.1) is 43.4 Å². The number of rotatable bonds is 6. The molecular weight excluding hydrogens is 603 g/mol. The number of aldehydes is 2. The Labute approximate surface area is 234 Å². The van der Waals surface area contributed by atoms with Gasteiger partial charge in [-0.2, -0.15) is 0 Å². The van der Waals surface area contributed by atoms with Crippen LogP contribution >= 0.6 is 15.9 Å². The minimum absolute atomic E-state index is 0.0156. The van der Waals surface area contributed by atoms with Crippen LogP contribution in [0, 0.1) is 23.3 Å². The Morgan fingerprint density at radius 1 is 0.750 bits per heavy atom. The molecule has 0 unspecified atom stereocenters. The quantitative estimate of drug-likeness (QED) is 0.142. The third-order valence-corrected chi connectivity index (χ3v) is 5.35. The largest absolute Gasteiger partial charge is 0.494 e. The molecule has 4 rings (SSSR count). The van der Waals surface area contributed by atoms with E-state index in [0.717, 1.165) is 18.5 Å². The van der Waals surface area contributed by atoms with E-state index in [1.54, 1.807) is 6.07 Å². The number of carbonyl (C=O) groups is 2. The Kier molecular flexibility index (Phi) is 12.4. The lowest BCUT2D eigenvalue weighted by molar-refractivity contribution is 0.111. The van der Waals surface area contributed by atoms with E-state index in [2.05, 4.69) is 30.6 Å². The Morgan fingerprint density at radius 3 is 1.75 bits per heavy atom. The number of ether oxygens (including phenoxy) is 2. The van der Waals surface area contributed by atoms with Gasteiger partial charge >= 0.3 is 7.12 Å². The van der Waals surface area contributed by atoms with Crippen LogP contribution in [0.2, 0.25) is 0 Å². The molecule has 14 heteroatoms. The van der Waals surface area contributed by atoms with Crippen LogP contribution in [0.5, 0.6) is 11.5 Å². The summed E-state index contributed by atoms with van der Waals surface area (Å²) < 4.78 is 61.8. The van der Waals surface area contributed by atoms with Gasteiger partial charge in [-0.25, -0.2) is 22.5 Å². The summed E-state index contributed by atoms with van der Waals surface area (Å²) in [6, 6.07) is 10.6. The Balaban J connectivity index is 0.000000222. The lowest BCUT2D eigenvalue weighted by atomic mass is 9.80. The Hall–Kier alpha value is -4.14. The van der Waals surface area contributed by atoms with Gasteiger partial charge in [-0.05, 0) is 63.9 Å². The standard InChI is InChI=1S/C13H9F2NO2.C7H8BFO3.C6H3BrFNO/c1-18-13-3-2-8(4-10(13)14)12-5-9(7-17)11(15)6-16-12;1-12-7-3-2-5(8(10)11)4-6(7)9;7-6-1-4(3-10)5(8)2-9-6/h2-7H,1H3;2-4,10-11H,1H3;1-3H. The SMILES string of the molecule is COc1ccc(-c2cc(C=O)c(F)cn2)cc1F.COc1ccc(B(O)O)cc1F.O=Cc1cc(Br)ncc1F. The molecule has 8 nitrogen and oxygen atoms in total. The first-order valence-corrected chi connectivity index (χ1v) is 11.7. The average Bonchev–Trinajstić information content (AvgIpc) is 2.95. The minimum Gasteiger partial charge on any atom is -0.494 e. The third kappa shape index (κ3) is 8.97. The van der Waals surface area contributed by atoms with Crippen LogP contribution in [0.25, 0.3) is 11.3 Å². The van der Waals surface area contributed by atoms with Crippen molar-refractivity contribution in [2.45, 2.75) is 0 Å². The molecule has 0 aliphatic rings. The minimum atomic E-state index is -1.65. The van der Waals surface area contributed by atoms with Crippen molar-refractivity contribution in [2.75, 3.05) is 14.2 Å². The molecule has 0 bridgehead atoms. The predicted molar refractivity (Wildman–Crippen MR) is 142 cm³/mol. The molecule has 4 aromatic rings. The second-order valence-corrected chi connectivity index (χ2v) is 8.28. The summed E-state index contributed by atoms with van der Waals surface area (Å²) in [6.45, 7) is 0. The molecule has 0 fully saturated rings. The van der Waals surface area contributed by atoms with E-state index in [-0.39, 0.29) is 28.1 Å². The van der Waals surface area contributed by atoms with Crippen LogP contribution in [-0.2, 0) is 0 Å². The molecule has 2 aromatic carbocycles. The van der Waals surface area contributed by atoms with Gasteiger partial charge in [0.2, 0.25) is 0 Å². The smallest absolute Gasteiger partial charge is 0.488 e. The lowest BCUT2D eigenvalue weighted by Gasteiger charge is -2.05. The number of carbonyl (C=O) groups excluding carboxylic acids is 2. The van der Waals surface area contributed by atoms with Crippen LogP contribution in [0.15, 0.2) is 65.5 Å². The Bertz CT molecular complexity index is 1480. The van der Waals surface area contributed by atoms with Gasteiger partial charge in [-0.1, -0.05) is 6.07 Å².